The van der Waals surface area contributed by atoms with E-state index in [1.807, 2.05) is 51.0 Å². The van der Waals surface area contributed by atoms with E-state index in [4.69, 9.17) is 11.6 Å². The summed E-state index contributed by atoms with van der Waals surface area (Å²) in [6.07, 6.45) is 0. The van der Waals surface area contributed by atoms with Gasteiger partial charge in [-0.15, -0.1) is 11.3 Å². The molecule has 0 radical (unpaired) electrons. The minimum absolute atomic E-state index is 0.757. The Labute approximate surface area is 123 Å². The minimum atomic E-state index is 0.757. The first-order valence-electron chi connectivity index (χ1n) is 6.11. The molecule has 0 aliphatic rings. The lowest BCUT2D eigenvalue weighted by molar-refractivity contribution is 1.10. The van der Waals surface area contributed by atoms with Crippen LogP contribution in [0, 0.1) is 13.8 Å². The first-order chi connectivity index (χ1) is 8.97. The van der Waals surface area contributed by atoms with Crippen LogP contribution in [0.15, 0.2) is 18.2 Å². The zero-order chi connectivity index (χ0) is 14.0. The van der Waals surface area contributed by atoms with Gasteiger partial charge >= 0.3 is 0 Å². The van der Waals surface area contributed by atoms with E-state index in [1.165, 1.54) is 4.88 Å². The maximum atomic E-state index is 6.25. The molecule has 0 unspecified atom stereocenters. The average Bonchev–Trinajstić information content (AvgIpc) is 2.65. The van der Waals surface area contributed by atoms with E-state index in [-0.39, 0.29) is 0 Å². The molecule has 1 heterocycles. The quantitative estimate of drug-likeness (QED) is 0.921. The number of benzene rings is 1. The lowest BCUT2D eigenvalue weighted by Gasteiger charge is -2.15. The second kappa shape index (κ2) is 5.80. The normalized spacial score (nSPS) is 10.6. The fourth-order valence-corrected chi connectivity index (χ4v) is 3.13. The Morgan fingerprint density at radius 3 is 2.58 bits per heavy atom. The van der Waals surface area contributed by atoms with Crippen molar-refractivity contribution in [3.8, 4) is 0 Å². The van der Waals surface area contributed by atoms with Crippen molar-refractivity contribution in [3.63, 3.8) is 0 Å². The van der Waals surface area contributed by atoms with Crippen LogP contribution in [0.5, 0.6) is 0 Å². The van der Waals surface area contributed by atoms with Crippen molar-refractivity contribution in [1.29, 1.82) is 0 Å². The molecule has 1 aromatic carbocycles. The van der Waals surface area contributed by atoms with Crippen molar-refractivity contribution in [2.24, 2.45) is 0 Å². The first kappa shape index (κ1) is 14.2. The molecule has 0 aliphatic carbocycles. The number of aryl methyl sites for hydroxylation is 2. The van der Waals surface area contributed by atoms with E-state index >= 15 is 0 Å². The van der Waals surface area contributed by atoms with Crippen molar-refractivity contribution >= 4 is 34.3 Å². The van der Waals surface area contributed by atoms with Crippen LogP contribution in [0.1, 0.15) is 15.6 Å². The van der Waals surface area contributed by atoms with Gasteiger partial charge in [0.05, 0.1) is 28.0 Å². The monoisotopic (exact) mass is 295 g/mol. The molecule has 0 saturated heterocycles. The zero-order valence-electron chi connectivity index (χ0n) is 11.6. The Balaban J connectivity index is 2.08. The summed E-state index contributed by atoms with van der Waals surface area (Å²) in [4.78, 5) is 7.70. The highest BCUT2D eigenvalue weighted by molar-refractivity contribution is 7.11. The van der Waals surface area contributed by atoms with Gasteiger partial charge in [-0.3, -0.25) is 0 Å². The lowest BCUT2D eigenvalue weighted by atomic mass is 10.2. The van der Waals surface area contributed by atoms with E-state index in [9.17, 15) is 0 Å². The Hall–Kier alpha value is -1.26. The predicted molar refractivity (Wildman–Crippen MR) is 84.7 cm³/mol. The highest BCUT2D eigenvalue weighted by Gasteiger charge is 2.06. The fraction of sp³-hybridized carbons (Fsp3) is 0.357. The third kappa shape index (κ3) is 3.39. The van der Waals surface area contributed by atoms with Crippen LogP contribution in [0.25, 0.3) is 0 Å². The molecule has 1 N–H and O–H groups in total. The summed E-state index contributed by atoms with van der Waals surface area (Å²) >= 11 is 7.98. The molecule has 2 rings (SSSR count). The molecule has 102 valence electrons. The molecular formula is C14H18ClN3S. The van der Waals surface area contributed by atoms with Gasteiger partial charge in [-0.1, -0.05) is 11.6 Å². The van der Waals surface area contributed by atoms with Crippen LogP contribution < -0.4 is 10.2 Å². The topological polar surface area (TPSA) is 28.2 Å². The molecular weight excluding hydrogens is 278 g/mol. The summed E-state index contributed by atoms with van der Waals surface area (Å²) in [5.74, 6) is 0. The second-order valence-electron chi connectivity index (χ2n) is 4.66. The lowest BCUT2D eigenvalue weighted by Crippen LogP contribution is -2.09. The number of nitrogens with one attached hydrogen (secondary N) is 1. The molecule has 0 atom stereocenters. The molecule has 0 saturated carbocycles. The number of anilines is 2. The highest BCUT2D eigenvalue weighted by atomic mass is 35.5. The van der Waals surface area contributed by atoms with Crippen LogP contribution in [0.4, 0.5) is 11.4 Å². The van der Waals surface area contributed by atoms with Gasteiger partial charge in [-0.2, -0.15) is 0 Å². The molecule has 0 bridgehead atoms. The van der Waals surface area contributed by atoms with E-state index in [0.717, 1.165) is 33.6 Å². The smallest absolute Gasteiger partial charge is 0.0900 e. The average molecular weight is 296 g/mol. The van der Waals surface area contributed by atoms with Crippen LogP contribution in [-0.4, -0.2) is 19.1 Å². The molecule has 5 heteroatoms. The summed E-state index contributed by atoms with van der Waals surface area (Å²) < 4.78 is 0. The Morgan fingerprint density at radius 2 is 2.05 bits per heavy atom. The molecule has 1 aromatic heterocycles. The Bertz CT molecular complexity index is 578. The molecule has 0 fully saturated rings. The Morgan fingerprint density at radius 1 is 1.32 bits per heavy atom. The van der Waals surface area contributed by atoms with Gasteiger partial charge in [0.2, 0.25) is 0 Å². The standard InChI is InChI=1S/C14H18ClN3S/c1-9-14(19-10(2)17-9)8-16-11-5-6-13(18(3)4)12(15)7-11/h5-7,16H,8H2,1-4H3. The molecule has 3 nitrogen and oxygen atoms in total. The number of hydrogen-bond donors (Lipinski definition) is 1. The molecule has 2 aromatic rings. The van der Waals surface area contributed by atoms with E-state index in [2.05, 4.69) is 10.3 Å². The van der Waals surface area contributed by atoms with Crippen LogP contribution >= 0.6 is 22.9 Å². The van der Waals surface area contributed by atoms with E-state index < -0.39 is 0 Å². The predicted octanol–water partition coefficient (Wildman–Crippen LogP) is 4.09. The third-order valence-corrected chi connectivity index (χ3v) is 4.26. The maximum absolute atomic E-state index is 6.25. The van der Waals surface area contributed by atoms with Crippen LogP contribution in [-0.2, 0) is 6.54 Å². The second-order valence-corrected chi connectivity index (χ2v) is 6.35. The molecule has 0 aliphatic heterocycles. The minimum Gasteiger partial charge on any atom is -0.380 e. The molecule has 0 spiro atoms. The van der Waals surface area contributed by atoms with Gasteiger partial charge in [0.15, 0.2) is 0 Å². The van der Waals surface area contributed by atoms with E-state index in [0.29, 0.717) is 0 Å². The fourth-order valence-electron chi connectivity index (χ4n) is 1.90. The number of halogens is 1. The summed E-state index contributed by atoms with van der Waals surface area (Å²) in [5.41, 5.74) is 3.16. The summed E-state index contributed by atoms with van der Waals surface area (Å²) in [5, 5.41) is 5.25. The first-order valence-corrected chi connectivity index (χ1v) is 7.30. The van der Waals surface area contributed by atoms with Gasteiger partial charge in [0.25, 0.3) is 0 Å². The SMILES string of the molecule is Cc1nc(C)c(CNc2ccc(N(C)C)c(Cl)c2)s1. The van der Waals surface area contributed by atoms with Crippen LogP contribution in [0.3, 0.4) is 0 Å². The van der Waals surface area contributed by atoms with Crippen molar-refractivity contribution in [1.82, 2.24) is 4.98 Å². The van der Waals surface area contributed by atoms with Gasteiger partial charge in [0, 0.05) is 24.7 Å². The highest BCUT2D eigenvalue weighted by Crippen LogP contribution is 2.28. The van der Waals surface area contributed by atoms with Gasteiger partial charge < -0.3 is 10.2 Å². The maximum Gasteiger partial charge on any atom is 0.0900 e. The van der Waals surface area contributed by atoms with Gasteiger partial charge in [-0.05, 0) is 32.0 Å². The molecule has 0 amide bonds. The number of hydrogen-bond acceptors (Lipinski definition) is 4. The van der Waals surface area contributed by atoms with Crippen LogP contribution in [0.2, 0.25) is 5.02 Å². The molecule has 19 heavy (non-hydrogen) atoms. The van der Waals surface area contributed by atoms with Crippen molar-refractivity contribution < 1.29 is 0 Å². The summed E-state index contributed by atoms with van der Waals surface area (Å²) in [7, 11) is 3.97. The number of rotatable bonds is 4. The largest absolute Gasteiger partial charge is 0.380 e. The Kier molecular flexibility index (Phi) is 4.32. The summed E-state index contributed by atoms with van der Waals surface area (Å²) in [6.45, 7) is 4.86. The van der Waals surface area contributed by atoms with Crippen molar-refractivity contribution in [2.75, 3.05) is 24.3 Å². The zero-order valence-corrected chi connectivity index (χ0v) is 13.2. The van der Waals surface area contributed by atoms with Crippen molar-refractivity contribution in [3.05, 3.63) is 38.8 Å². The number of nitrogens with zero attached hydrogens (tertiary/aromatic N) is 2. The third-order valence-electron chi connectivity index (χ3n) is 2.88. The number of thiazole rings is 1. The van der Waals surface area contributed by atoms with Gasteiger partial charge in [0.1, 0.15) is 0 Å². The summed E-state index contributed by atoms with van der Waals surface area (Å²) in [6, 6.07) is 6.03. The van der Waals surface area contributed by atoms with E-state index in [1.54, 1.807) is 11.3 Å². The number of aromatic nitrogens is 1. The van der Waals surface area contributed by atoms with Gasteiger partial charge in [-0.25, -0.2) is 4.98 Å². The van der Waals surface area contributed by atoms with Crippen molar-refractivity contribution in [2.45, 2.75) is 20.4 Å².